The lowest BCUT2D eigenvalue weighted by atomic mass is 9.96. The van der Waals surface area contributed by atoms with Gasteiger partial charge in [0.15, 0.2) is 0 Å². The molecule has 1 saturated heterocycles. The highest BCUT2D eigenvalue weighted by molar-refractivity contribution is 4.98. The van der Waals surface area contributed by atoms with Crippen LogP contribution < -0.4 is 11.2 Å². The second kappa shape index (κ2) is 4.65. The number of aliphatic hydroxyl groups is 3. The third-order valence-corrected chi connectivity index (χ3v) is 2.97. The fourth-order valence-corrected chi connectivity index (χ4v) is 1.93. The van der Waals surface area contributed by atoms with Gasteiger partial charge in [0.1, 0.15) is 17.8 Å². The summed E-state index contributed by atoms with van der Waals surface area (Å²) in [6, 6.07) is 1.14. The minimum Gasteiger partial charge on any atom is -0.394 e. The van der Waals surface area contributed by atoms with Crippen LogP contribution in [0.1, 0.15) is 0 Å². The van der Waals surface area contributed by atoms with Crippen molar-refractivity contribution in [3.63, 3.8) is 0 Å². The molecule has 0 bridgehead atoms. The standard InChI is InChI=1S/C10H14N2O6/c13-3-6-8(15)10(17,5-18-6)4-12-2-1-7(14)11-9(12)16/h1-2,6,8,13,15,17H,3-5H2,(H,11,14,16)/t6-,8-,10+/m1/s1. The number of nitrogens with zero attached hydrogens (tertiary/aromatic N) is 1. The van der Waals surface area contributed by atoms with Crippen LogP contribution in [0.2, 0.25) is 0 Å². The van der Waals surface area contributed by atoms with Crippen molar-refractivity contribution < 1.29 is 20.1 Å². The molecule has 1 aliphatic heterocycles. The van der Waals surface area contributed by atoms with E-state index in [1.54, 1.807) is 0 Å². The molecule has 0 radical (unpaired) electrons. The third kappa shape index (κ3) is 2.23. The summed E-state index contributed by atoms with van der Waals surface area (Å²) in [6.07, 6.45) is -0.965. The van der Waals surface area contributed by atoms with Crippen molar-refractivity contribution in [1.29, 1.82) is 0 Å². The topological polar surface area (TPSA) is 125 Å². The Morgan fingerprint density at radius 3 is 2.83 bits per heavy atom. The first-order valence-electron chi connectivity index (χ1n) is 5.39. The summed E-state index contributed by atoms with van der Waals surface area (Å²) in [5, 5.41) is 28.9. The number of aliphatic hydroxyl groups excluding tert-OH is 2. The lowest BCUT2D eigenvalue weighted by molar-refractivity contribution is -0.0656. The van der Waals surface area contributed by atoms with E-state index in [2.05, 4.69) is 0 Å². The number of nitrogens with one attached hydrogen (secondary N) is 1. The van der Waals surface area contributed by atoms with Crippen LogP contribution in [0.25, 0.3) is 0 Å². The number of H-pyrrole nitrogens is 1. The predicted octanol–water partition coefficient (Wildman–Crippen LogP) is -2.98. The van der Waals surface area contributed by atoms with Gasteiger partial charge in [-0.15, -0.1) is 0 Å². The number of ether oxygens (including phenoxy) is 1. The van der Waals surface area contributed by atoms with Crippen molar-refractivity contribution in [3.05, 3.63) is 33.1 Å². The number of aromatic nitrogens is 2. The summed E-state index contributed by atoms with van der Waals surface area (Å²) in [5.74, 6) is 0. The van der Waals surface area contributed by atoms with Crippen molar-refractivity contribution in [3.8, 4) is 0 Å². The first-order chi connectivity index (χ1) is 8.46. The van der Waals surface area contributed by atoms with E-state index in [4.69, 9.17) is 9.84 Å². The molecule has 8 nitrogen and oxygen atoms in total. The van der Waals surface area contributed by atoms with Gasteiger partial charge in [0.05, 0.1) is 19.8 Å². The van der Waals surface area contributed by atoms with Crippen LogP contribution >= 0.6 is 0 Å². The average Bonchev–Trinajstić information content (AvgIpc) is 2.60. The van der Waals surface area contributed by atoms with Crippen LogP contribution in [-0.4, -0.2) is 55.9 Å². The van der Waals surface area contributed by atoms with Gasteiger partial charge in [-0.3, -0.25) is 14.3 Å². The summed E-state index contributed by atoms with van der Waals surface area (Å²) in [5.41, 5.74) is -2.90. The van der Waals surface area contributed by atoms with E-state index >= 15 is 0 Å². The lowest BCUT2D eigenvalue weighted by Gasteiger charge is -2.26. The Morgan fingerprint density at radius 1 is 1.56 bits per heavy atom. The largest absolute Gasteiger partial charge is 0.394 e. The maximum absolute atomic E-state index is 11.5. The smallest absolute Gasteiger partial charge is 0.328 e. The molecule has 100 valence electrons. The molecule has 2 rings (SSSR count). The average molecular weight is 258 g/mol. The molecule has 0 amide bonds. The normalized spacial score (nSPS) is 31.7. The molecule has 4 N–H and O–H groups in total. The fraction of sp³-hybridized carbons (Fsp3) is 0.600. The van der Waals surface area contributed by atoms with E-state index in [1.165, 1.54) is 6.20 Å². The Labute approximate surface area is 101 Å². The molecule has 2 heterocycles. The predicted molar refractivity (Wildman–Crippen MR) is 59.1 cm³/mol. The second-order valence-electron chi connectivity index (χ2n) is 4.32. The lowest BCUT2D eigenvalue weighted by Crippen LogP contribution is -2.50. The highest BCUT2D eigenvalue weighted by Gasteiger charge is 2.48. The van der Waals surface area contributed by atoms with Gasteiger partial charge in [-0.25, -0.2) is 4.79 Å². The van der Waals surface area contributed by atoms with Crippen molar-refractivity contribution in [2.24, 2.45) is 0 Å². The first kappa shape index (κ1) is 13.0. The highest BCUT2D eigenvalue weighted by atomic mass is 16.5. The Hall–Kier alpha value is -1.48. The van der Waals surface area contributed by atoms with Crippen molar-refractivity contribution in [1.82, 2.24) is 9.55 Å². The Balaban J connectivity index is 2.23. The van der Waals surface area contributed by atoms with Gasteiger partial charge in [0.2, 0.25) is 0 Å². The van der Waals surface area contributed by atoms with Crippen LogP contribution in [0.3, 0.4) is 0 Å². The SMILES string of the molecule is O=c1ccn(C[C@]2(O)CO[C@H](CO)[C@H]2O)c(=O)[nH]1. The molecule has 0 aromatic carbocycles. The van der Waals surface area contributed by atoms with E-state index in [1.807, 2.05) is 4.98 Å². The quantitative estimate of drug-likeness (QED) is 0.458. The van der Waals surface area contributed by atoms with Gasteiger partial charge in [-0.1, -0.05) is 0 Å². The zero-order valence-electron chi connectivity index (χ0n) is 9.44. The maximum Gasteiger partial charge on any atom is 0.328 e. The molecule has 1 fully saturated rings. The molecule has 0 spiro atoms. The second-order valence-corrected chi connectivity index (χ2v) is 4.32. The summed E-state index contributed by atoms with van der Waals surface area (Å²) < 4.78 is 6.09. The maximum atomic E-state index is 11.5. The van der Waals surface area contributed by atoms with Crippen molar-refractivity contribution >= 4 is 0 Å². The molecule has 0 saturated carbocycles. The minimum atomic E-state index is -1.67. The number of rotatable bonds is 3. The zero-order valence-corrected chi connectivity index (χ0v) is 9.44. The fourth-order valence-electron chi connectivity index (χ4n) is 1.93. The summed E-state index contributed by atoms with van der Waals surface area (Å²) in [4.78, 5) is 24.4. The van der Waals surface area contributed by atoms with Crippen LogP contribution in [-0.2, 0) is 11.3 Å². The molecule has 1 aliphatic rings. The summed E-state index contributed by atoms with van der Waals surface area (Å²) >= 11 is 0. The molecular formula is C10H14N2O6. The molecule has 8 heteroatoms. The Kier molecular flexibility index (Phi) is 3.35. The van der Waals surface area contributed by atoms with E-state index in [-0.39, 0.29) is 13.2 Å². The molecule has 1 aromatic heterocycles. The molecule has 0 aliphatic carbocycles. The van der Waals surface area contributed by atoms with E-state index in [0.717, 1.165) is 10.6 Å². The van der Waals surface area contributed by atoms with Crippen LogP contribution in [0.15, 0.2) is 21.9 Å². The van der Waals surface area contributed by atoms with Crippen LogP contribution in [0.5, 0.6) is 0 Å². The summed E-state index contributed by atoms with van der Waals surface area (Å²) in [7, 11) is 0. The Bertz CT molecular complexity index is 538. The zero-order chi connectivity index (χ0) is 13.3. The Morgan fingerprint density at radius 2 is 2.28 bits per heavy atom. The highest BCUT2D eigenvalue weighted by Crippen LogP contribution is 2.25. The molecular weight excluding hydrogens is 244 g/mol. The monoisotopic (exact) mass is 258 g/mol. The van der Waals surface area contributed by atoms with Gasteiger partial charge in [-0.05, 0) is 0 Å². The number of hydrogen-bond acceptors (Lipinski definition) is 6. The third-order valence-electron chi connectivity index (χ3n) is 2.97. The number of aromatic amines is 1. The molecule has 1 aromatic rings. The number of hydrogen-bond donors (Lipinski definition) is 4. The molecule has 3 atom stereocenters. The van der Waals surface area contributed by atoms with Crippen LogP contribution in [0, 0.1) is 0 Å². The van der Waals surface area contributed by atoms with Gasteiger partial charge in [0, 0.05) is 12.3 Å². The van der Waals surface area contributed by atoms with Gasteiger partial charge in [-0.2, -0.15) is 0 Å². The van der Waals surface area contributed by atoms with Crippen molar-refractivity contribution in [2.45, 2.75) is 24.4 Å². The van der Waals surface area contributed by atoms with Crippen LogP contribution in [0.4, 0.5) is 0 Å². The van der Waals surface area contributed by atoms with Gasteiger partial charge >= 0.3 is 5.69 Å². The summed E-state index contributed by atoms with van der Waals surface area (Å²) in [6.45, 7) is -0.866. The van der Waals surface area contributed by atoms with E-state index < -0.39 is 35.7 Å². The van der Waals surface area contributed by atoms with Crippen molar-refractivity contribution in [2.75, 3.05) is 13.2 Å². The van der Waals surface area contributed by atoms with E-state index in [0.29, 0.717) is 0 Å². The van der Waals surface area contributed by atoms with Gasteiger partial charge < -0.3 is 20.1 Å². The first-order valence-corrected chi connectivity index (χ1v) is 5.39. The molecule has 18 heavy (non-hydrogen) atoms. The van der Waals surface area contributed by atoms with E-state index in [9.17, 15) is 19.8 Å². The van der Waals surface area contributed by atoms with Gasteiger partial charge in [0.25, 0.3) is 5.56 Å². The molecule has 0 unspecified atom stereocenters. The minimum absolute atomic E-state index is 0.203.